The molecule has 0 bridgehead atoms. The number of aromatic nitrogens is 4. The SMILES string of the molecule is CCn1c(C)nc2cc(C(=O)N/N=C/c3cn(-c4ccccc4)nc3-c3ccc(F)cc3)ccc21. The fourth-order valence-corrected chi connectivity index (χ4v) is 4.04. The molecule has 7 nitrogen and oxygen atoms in total. The number of para-hydroxylation sites is 1. The summed E-state index contributed by atoms with van der Waals surface area (Å²) in [6.07, 6.45) is 3.35. The van der Waals surface area contributed by atoms with Crippen LogP contribution >= 0.6 is 0 Å². The summed E-state index contributed by atoms with van der Waals surface area (Å²) in [5.74, 6) is 0.238. The highest BCUT2D eigenvalue weighted by atomic mass is 19.1. The Bertz CT molecular complexity index is 1530. The number of nitrogens with zero attached hydrogens (tertiary/aromatic N) is 5. The standard InChI is InChI=1S/C27H23FN6O/c1-3-33-18(2)30-24-15-20(11-14-25(24)33)27(35)31-29-16-21-17-34(23-7-5-4-6-8-23)32-26(21)19-9-12-22(28)13-10-19/h4-17H,3H2,1-2H3,(H,31,35)/b29-16+. The number of aryl methyl sites for hydroxylation is 2. The van der Waals surface area contributed by atoms with Gasteiger partial charge in [-0.3, -0.25) is 4.79 Å². The lowest BCUT2D eigenvalue weighted by Crippen LogP contribution is -2.17. The van der Waals surface area contributed by atoms with E-state index in [0.717, 1.165) is 34.7 Å². The molecular weight excluding hydrogens is 443 g/mol. The second-order valence-electron chi connectivity index (χ2n) is 8.03. The molecular formula is C27H23FN6O. The lowest BCUT2D eigenvalue weighted by Gasteiger charge is -2.03. The van der Waals surface area contributed by atoms with Crippen molar-refractivity contribution in [3.05, 3.63) is 102 Å². The maximum atomic E-state index is 13.5. The van der Waals surface area contributed by atoms with Crippen molar-refractivity contribution < 1.29 is 9.18 Å². The number of hydrogen-bond donors (Lipinski definition) is 1. The van der Waals surface area contributed by atoms with E-state index in [1.54, 1.807) is 28.9 Å². The number of nitrogens with one attached hydrogen (secondary N) is 1. The zero-order valence-corrected chi connectivity index (χ0v) is 19.3. The van der Waals surface area contributed by atoms with Gasteiger partial charge in [0.25, 0.3) is 5.91 Å². The van der Waals surface area contributed by atoms with Crippen LogP contribution in [0.25, 0.3) is 28.0 Å². The van der Waals surface area contributed by atoms with Crippen molar-refractivity contribution in [2.24, 2.45) is 5.10 Å². The molecule has 0 fully saturated rings. The molecule has 0 aliphatic rings. The molecule has 0 saturated carbocycles. The Morgan fingerprint density at radius 3 is 2.60 bits per heavy atom. The number of halogens is 1. The van der Waals surface area contributed by atoms with Crippen LogP contribution in [0.4, 0.5) is 4.39 Å². The topological polar surface area (TPSA) is 77.1 Å². The fourth-order valence-electron chi connectivity index (χ4n) is 4.04. The number of imidazole rings is 1. The first-order chi connectivity index (χ1) is 17.0. The number of fused-ring (bicyclic) bond motifs is 1. The Labute approximate surface area is 201 Å². The van der Waals surface area contributed by atoms with Crippen LogP contribution < -0.4 is 5.43 Å². The third kappa shape index (κ3) is 4.46. The molecule has 3 aromatic carbocycles. The number of hydrogen-bond acceptors (Lipinski definition) is 4. The highest BCUT2D eigenvalue weighted by molar-refractivity contribution is 5.98. The van der Waals surface area contributed by atoms with Crippen LogP contribution in [0.1, 0.15) is 28.7 Å². The van der Waals surface area contributed by atoms with Crippen LogP contribution in [0.3, 0.4) is 0 Å². The summed E-state index contributed by atoms with van der Waals surface area (Å²) in [7, 11) is 0. The van der Waals surface area contributed by atoms with Crippen LogP contribution in [-0.4, -0.2) is 31.5 Å². The van der Waals surface area contributed by atoms with Gasteiger partial charge in [0.2, 0.25) is 0 Å². The Morgan fingerprint density at radius 2 is 1.86 bits per heavy atom. The lowest BCUT2D eigenvalue weighted by molar-refractivity contribution is 0.0955. The molecule has 174 valence electrons. The molecule has 1 amide bonds. The minimum atomic E-state index is -0.342. The summed E-state index contributed by atoms with van der Waals surface area (Å²) >= 11 is 0. The van der Waals surface area contributed by atoms with E-state index in [2.05, 4.69) is 32.1 Å². The summed E-state index contributed by atoms with van der Waals surface area (Å²) in [5, 5.41) is 8.84. The monoisotopic (exact) mass is 466 g/mol. The molecule has 0 unspecified atom stereocenters. The average molecular weight is 467 g/mol. The first-order valence-corrected chi connectivity index (χ1v) is 11.2. The Balaban J connectivity index is 1.42. The van der Waals surface area contributed by atoms with Gasteiger partial charge >= 0.3 is 0 Å². The van der Waals surface area contributed by atoms with Gasteiger partial charge in [-0.2, -0.15) is 10.2 Å². The van der Waals surface area contributed by atoms with Crippen molar-refractivity contribution in [3.63, 3.8) is 0 Å². The zero-order chi connectivity index (χ0) is 24.4. The molecule has 5 rings (SSSR count). The second kappa shape index (κ2) is 9.34. The second-order valence-corrected chi connectivity index (χ2v) is 8.03. The minimum Gasteiger partial charge on any atom is -0.329 e. The van der Waals surface area contributed by atoms with Crippen molar-refractivity contribution >= 4 is 23.2 Å². The largest absolute Gasteiger partial charge is 0.329 e. The molecule has 35 heavy (non-hydrogen) atoms. The van der Waals surface area contributed by atoms with E-state index in [4.69, 9.17) is 0 Å². The molecule has 2 heterocycles. The normalized spacial score (nSPS) is 11.4. The van der Waals surface area contributed by atoms with Gasteiger partial charge < -0.3 is 4.57 Å². The first kappa shape index (κ1) is 22.2. The lowest BCUT2D eigenvalue weighted by atomic mass is 10.1. The molecule has 2 aromatic heterocycles. The third-order valence-electron chi connectivity index (χ3n) is 5.77. The highest BCUT2D eigenvalue weighted by Gasteiger charge is 2.13. The molecule has 0 radical (unpaired) electrons. The molecule has 8 heteroatoms. The summed E-state index contributed by atoms with van der Waals surface area (Å²) < 4.78 is 17.3. The van der Waals surface area contributed by atoms with Gasteiger partial charge in [-0.1, -0.05) is 18.2 Å². The van der Waals surface area contributed by atoms with E-state index >= 15 is 0 Å². The summed E-state index contributed by atoms with van der Waals surface area (Å²) in [6, 6.07) is 21.2. The van der Waals surface area contributed by atoms with Crippen LogP contribution in [-0.2, 0) is 6.54 Å². The van der Waals surface area contributed by atoms with Crippen molar-refractivity contribution in [1.29, 1.82) is 0 Å². The van der Waals surface area contributed by atoms with Crippen LogP contribution in [0, 0.1) is 12.7 Å². The van der Waals surface area contributed by atoms with Gasteiger partial charge in [0.1, 0.15) is 17.3 Å². The Morgan fingerprint density at radius 1 is 1.09 bits per heavy atom. The Hall–Kier alpha value is -4.59. The first-order valence-electron chi connectivity index (χ1n) is 11.2. The zero-order valence-electron chi connectivity index (χ0n) is 19.3. The molecule has 1 N–H and O–H groups in total. The predicted octanol–water partition coefficient (Wildman–Crippen LogP) is 5.12. The minimum absolute atomic E-state index is 0.324. The molecule has 0 saturated heterocycles. The highest BCUT2D eigenvalue weighted by Crippen LogP contribution is 2.23. The van der Waals surface area contributed by atoms with Crippen molar-refractivity contribution in [1.82, 2.24) is 24.8 Å². The molecule has 0 aliphatic carbocycles. The predicted molar refractivity (Wildman–Crippen MR) is 134 cm³/mol. The van der Waals surface area contributed by atoms with Gasteiger partial charge in [0.15, 0.2) is 0 Å². The molecule has 0 spiro atoms. The van der Waals surface area contributed by atoms with Gasteiger partial charge in [0, 0.05) is 29.4 Å². The number of benzene rings is 3. The quantitative estimate of drug-likeness (QED) is 0.279. The fraction of sp³-hybridized carbons (Fsp3) is 0.111. The maximum absolute atomic E-state index is 13.5. The number of carbonyl (C=O) groups is 1. The number of rotatable bonds is 6. The van der Waals surface area contributed by atoms with Crippen LogP contribution in [0.15, 0.2) is 84.1 Å². The van der Waals surface area contributed by atoms with E-state index in [1.807, 2.05) is 49.5 Å². The maximum Gasteiger partial charge on any atom is 0.271 e. The van der Waals surface area contributed by atoms with E-state index in [0.29, 0.717) is 16.8 Å². The van der Waals surface area contributed by atoms with Gasteiger partial charge in [0.05, 0.1) is 22.9 Å². The van der Waals surface area contributed by atoms with E-state index < -0.39 is 0 Å². The van der Waals surface area contributed by atoms with Gasteiger partial charge in [-0.25, -0.2) is 19.5 Å². The molecule has 0 atom stereocenters. The van der Waals surface area contributed by atoms with Gasteiger partial charge in [-0.05, 0) is 68.4 Å². The van der Waals surface area contributed by atoms with E-state index in [-0.39, 0.29) is 11.7 Å². The third-order valence-corrected chi connectivity index (χ3v) is 5.77. The molecule has 5 aromatic rings. The van der Waals surface area contributed by atoms with Crippen molar-refractivity contribution in [2.45, 2.75) is 20.4 Å². The van der Waals surface area contributed by atoms with Crippen molar-refractivity contribution in [3.8, 4) is 16.9 Å². The summed E-state index contributed by atoms with van der Waals surface area (Å²) in [5.41, 5.74) is 7.71. The summed E-state index contributed by atoms with van der Waals surface area (Å²) in [4.78, 5) is 17.3. The molecule has 0 aliphatic heterocycles. The summed E-state index contributed by atoms with van der Waals surface area (Å²) in [6.45, 7) is 4.82. The number of amides is 1. The van der Waals surface area contributed by atoms with Crippen LogP contribution in [0.5, 0.6) is 0 Å². The number of carbonyl (C=O) groups excluding carboxylic acids is 1. The van der Waals surface area contributed by atoms with Gasteiger partial charge in [-0.15, -0.1) is 0 Å². The average Bonchev–Trinajstić information content (AvgIpc) is 3.44. The van der Waals surface area contributed by atoms with E-state index in [1.165, 1.54) is 18.3 Å². The Kier molecular flexibility index (Phi) is 5.93. The smallest absolute Gasteiger partial charge is 0.271 e. The van der Waals surface area contributed by atoms with Crippen LogP contribution in [0.2, 0.25) is 0 Å². The van der Waals surface area contributed by atoms with E-state index in [9.17, 15) is 9.18 Å². The van der Waals surface area contributed by atoms with Crippen molar-refractivity contribution in [2.75, 3.05) is 0 Å². The number of hydrazone groups is 1.